The predicted molar refractivity (Wildman–Crippen MR) is 157 cm³/mol. The van der Waals surface area contributed by atoms with Gasteiger partial charge in [-0.05, 0) is 36.8 Å². The first-order valence-corrected chi connectivity index (χ1v) is 14.0. The molecule has 0 fully saturated rings. The van der Waals surface area contributed by atoms with Crippen molar-refractivity contribution in [2.24, 2.45) is 0 Å². The standard InChI is InChI=1S/C29H17F3N12O7/c1-15(43-9-7-16(40-43)2-3-17-10-18(6-8-33-17)50-25-23(27(45)46)37-41-38-25)13-44-24(28(47)48)26(39-42-44)51-19-11-34-21(35-12-19)4-5-22-36-20(14-49-22)29(30,31)32/h6-12,14-15H,13H2,1H3,(H,45,46)(H,47,48)(H,37,38,41). The number of aromatic nitrogens is 12. The molecule has 0 bridgehead atoms. The van der Waals surface area contributed by atoms with Gasteiger partial charge in [0.2, 0.25) is 17.2 Å². The number of halogens is 3. The Bertz CT molecular complexity index is 2360. The second-order valence-electron chi connectivity index (χ2n) is 9.92. The molecule has 6 heterocycles. The van der Waals surface area contributed by atoms with E-state index in [1.807, 2.05) is 0 Å². The van der Waals surface area contributed by atoms with Crippen molar-refractivity contribution in [3.63, 3.8) is 0 Å². The number of aromatic amines is 1. The molecule has 3 N–H and O–H groups in total. The van der Waals surface area contributed by atoms with Crippen molar-refractivity contribution in [3.8, 4) is 46.9 Å². The van der Waals surface area contributed by atoms with Crippen molar-refractivity contribution in [1.82, 2.24) is 60.1 Å². The maximum atomic E-state index is 12.7. The average molecular weight is 703 g/mol. The van der Waals surface area contributed by atoms with Crippen LogP contribution in [0.4, 0.5) is 13.2 Å². The number of alkyl halides is 3. The number of nitrogens with one attached hydrogen (secondary N) is 1. The number of carbonyl (C=O) groups is 2. The van der Waals surface area contributed by atoms with Gasteiger partial charge in [-0.2, -0.15) is 23.3 Å². The van der Waals surface area contributed by atoms with Crippen LogP contribution in [0.25, 0.3) is 0 Å². The molecule has 6 rings (SSSR count). The Kier molecular flexibility index (Phi) is 9.04. The van der Waals surface area contributed by atoms with Crippen molar-refractivity contribution in [1.29, 1.82) is 0 Å². The quantitative estimate of drug-likeness (QED) is 0.183. The summed E-state index contributed by atoms with van der Waals surface area (Å²) >= 11 is 0. The van der Waals surface area contributed by atoms with Crippen LogP contribution in [-0.4, -0.2) is 82.3 Å². The van der Waals surface area contributed by atoms with E-state index in [4.69, 9.17) is 9.47 Å². The molecule has 0 aliphatic heterocycles. The molecular weight excluding hydrogens is 685 g/mol. The number of carboxylic acids is 2. The molecule has 0 aliphatic rings. The second-order valence-corrected chi connectivity index (χ2v) is 9.92. The highest BCUT2D eigenvalue weighted by molar-refractivity contribution is 5.88. The third-order valence-electron chi connectivity index (χ3n) is 6.32. The molecule has 0 aromatic carbocycles. The van der Waals surface area contributed by atoms with E-state index in [1.165, 1.54) is 18.3 Å². The molecule has 1 unspecified atom stereocenters. The monoisotopic (exact) mass is 702 g/mol. The highest BCUT2D eigenvalue weighted by Gasteiger charge is 2.34. The van der Waals surface area contributed by atoms with E-state index in [-0.39, 0.29) is 47.0 Å². The van der Waals surface area contributed by atoms with E-state index in [1.54, 1.807) is 23.9 Å². The molecule has 1 atom stereocenters. The number of pyridine rings is 1. The predicted octanol–water partition coefficient (Wildman–Crippen LogP) is 2.83. The van der Waals surface area contributed by atoms with Crippen LogP contribution < -0.4 is 9.47 Å². The highest BCUT2D eigenvalue weighted by atomic mass is 19.4. The molecular formula is C29H17F3N12O7. The first-order chi connectivity index (χ1) is 24.4. The van der Waals surface area contributed by atoms with Gasteiger partial charge in [0.25, 0.3) is 17.7 Å². The maximum absolute atomic E-state index is 12.7. The first kappa shape index (κ1) is 33.3. The summed E-state index contributed by atoms with van der Waals surface area (Å²) in [7, 11) is 0. The van der Waals surface area contributed by atoms with Crippen molar-refractivity contribution in [2.75, 3.05) is 0 Å². The van der Waals surface area contributed by atoms with Crippen LogP contribution in [-0.2, 0) is 12.7 Å². The maximum Gasteiger partial charge on any atom is 0.436 e. The van der Waals surface area contributed by atoms with E-state index in [0.717, 1.165) is 17.1 Å². The van der Waals surface area contributed by atoms with Gasteiger partial charge in [0.15, 0.2) is 11.4 Å². The van der Waals surface area contributed by atoms with Crippen LogP contribution in [0.5, 0.6) is 23.3 Å². The van der Waals surface area contributed by atoms with E-state index >= 15 is 0 Å². The highest BCUT2D eigenvalue weighted by Crippen LogP contribution is 2.28. The molecule has 0 saturated carbocycles. The average Bonchev–Trinajstić information content (AvgIpc) is 3.91. The zero-order valence-electron chi connectivity index (χ0n) is 25.4. The van der Waals surface area contributed by atoms with Crippen LogP contribution >= 0.6 is 0 Å². The van der Waals surface area contributed by atoms with E-state index in [0.29, 0.717) is 17.7 Å². The number of hydrogen-bond acceptors (Lipinski definition) is 14. The zero-order valence-corrected chi connectivity index (χ0v) is 25.4. The van der Waals surface area contributed by atoms with Gasteiger partial charge in [-0.25, -0.2) is 34.3 Å². The molecule has 256 valence electrons. The Balaban J connectivity index is 1.09. The zero-order chi connectivity index (χ0) is 36.1. The molecule has 6 aromatic rings. The van der Waals surface area contributed by atoms with Crippen LogP contribution in [0.15, 0.2) is 53.7 Å². The number of rotatable bonds is 9. The van der Waals surface area contributed by atoms with Gasteiger partial charge in [-0.3, -0.25) is 4.68 Å². The number of nitrogens with zero attached hydrogens (tertiary/aromatic N) is 11. The largest absolute Gasteiger partial charge is 0.476 e. The van der Waals surface area contributed by atoms with Gasteiger partial charge in [0.05, 0.1) is 25.0 Å². The van der Waals surface area contributed by atoms with Gasteiger partial charge in [-0.15, -0.1) is 0 Å². The van der Waals surface area contributed by atoms with Crippen molar-refractivity contribution < 1.29 is 46.9 Å². The Morgan fingerprint density at radius 3 is 2.47 bits per heavy atom. The van der Waals surface area contributed by atoms with Gasteiger partial charge >= 0.3 is 18.1 Å². The number of ether oxygens (including phenoxy) is 2. The SMILES string of the molecule is CC(Cn1nnc(Oc2cnc(C#Cc3nc(C(F)(F)F)co3)nc2)c1C(=O)O)n1ccc(C#Cc2cc(Oc3nn[nH]c3C(=O)O)ccn2)n1. The second kappa shape index (κ2) is 13.9. The van der Waals surface area contributed by atoms with Crippen LogP contribution in [0.3, 0.4) is 0 Å². The number of oxazole rings is 1. The Morgan fingerprint density at radius 2 is 1.75 bits per heavy atom. The lowest BCUT2D eigenvalue weighted by Crippen LogP contribution is -2.18. The molecule has 0 radical (unpaired) electrons. The van der Waals surface area contributed by atoms with Crippen molar-refractivity contribution >= 4 is 11.9 Å². The van der Waals surface area contributed by atoms with Crippen LogP contribution in [0.2, 0.25) is 0 Å². The summed E-state index contributed by atoms with van der Waals surface area (Å²) in [4.78, 5) is 38.6. The fourth-order valence-corrected chi connectivity index (χ4v) is 4.01. The summed E-state index contributed by atoms with van der Waals surface area (Å²) in [6.45, 7) is 1.77. The Hall–Kier alpha value is -7.62. The minimum absolute atomic E-state index is 0.00968. The lowest BCUT2D eigenvalue weighted by atomic mass is 10.3. The lowest BCUT2D eigenvalue weighted by molar-refractivity contribution is -0.141. The molecule has 22 heteroatoms. The van der Waals surface area contributed by atoms with E-state index < -0.39 is 35.7 Å². The minimum atomic E-state index is -4.68. The summed E-state index contributed by atoms with van der Waals surface area (Å²) in [5.41, 5.74) is -1.28. The number of aromatic carboxylic acids is 2. The first-order valence-electron chi connectivity index (χ1n) is 14.0. The summed E-state index contributed by atoms with van der Waals surface area (Å²) in [6.07, 6.45) is 1.09. The number of carboxylic acid groups (broad SMARTS) is 2. The third kappa shape index (κ3) is 7.92. The summed E-state index contributed by atoms with van der Waals surface area (Å²) in [5.74, 6) is 6.69. The van der Waals surface area contributed by atoms with E-state index in [9.17, 15) is 33.0 Å². The van der Waals surface area contributed by atoms with Crippen molar-refractivity contribution in [3.05, 3.63) is 89.4 Å². The molecule has 0 spiro atoms. The Morgan fingerprint density at radius 1 is 0.980 bits per heavy atom. The molecule has 0 saturated heterocycles. The number of hydrogen-bond donors (Lipinski definition) is 3. The molecule has 19 nitrogen and oxygen atoms in total. The fraction of sp³-hybridized carbons (Fsp3) is 0.138. The van der Waals surface area contributed by atoms with Crippen LogP contribution in [0, 0.1) is 23.7 Å². The summed E-state index contributed by atoms with van der Waals surface area (Å²) < 4.78 is 56.3. The minimum Gasteiger partial charge on any atom is -0.476 e. The summed E-state index contributed by atoms with van der Waals surface area (Å²) in [5, 5.41) is 40.4. The van der Waals surface area contributed by atoms with Gasteiger partial charge in [0, 0.05) is 24.4 Å². The third-order valence-corrected chi connectivity index (χ3v) is 6.32. The van der Waals surface area contributed by atoms with E-state index in [2.05, 4.69) is 78.9 Å². The smallest absolute Gasteiger partial charge is 0.436 e. The molecule has 6 aromatic heterocycles. The van der Waals surface area contributed by atoms with Crippen LogP contribution in [0.1, 0.15) is 62.7 Å². The molecule has 0 aliphatic carbocycles. The van der Waals surface area contributed by atoms with Crippen molar-refractivity contribution in [2.45, 2.75) is 25.7 Å². The topological polar surface area (TPSA) is 248 Å². The lowest BCUT2D eigenvalue weighted by Gasteiger charge is -2.12. The molecule has 0 amide bonds. The number of H-pyrrole nitrogens is 1. The normalized spacial score (nSPS) is 11.5. The molecule has 51 heavy (non-hydrogen) atoms. The van der Waals surface area contributed by atoms with Gasteiger partial charge in [0.1, 0.15) is 23.4 Å². The summed E-state index contributed by atoms with van der Waals surface area (Å²) in [6, 6.07) is 4.15. The van der Waals surface area contributed by atoms with Gasteiger partial charge < -0.3 is 24.1 Å². The Labute approximate surface area is 281 Å². The fourth-order valence-electron chi connectivity index (χ4n) is 4.01. The van der Waals surface area contributed by atoms with Gasteiger partial charge in [-0.1, -0.05) is 20.6 Å².